The molecule has 2 N–H and O–H groups in total. The lowest BCUT2D eigenvalue weighted by Crippen LogP contribution is -2.39. The summed E-state index contributed by atoms with van der Waals surface area (Å²) in [5.74, 6) is -0.981. The predicted octanol–water partition coefficient (Wildman–Crippen LogP) is 2.34. The number of hydrogen-bond donors (Lipinski definition) is 2. The normalized spacial score (nSPS) is 10.5. The maximum Gasteiger partial charge on any atom is 0.328 e. The van der Waals surface area contributed by atoms with Gasteiger partial charge in [-0.2, -0.15) is 0 Å². The molecule has 5 heteroatoms. The molecule has 0 aromatic heterocycles. The lowest BCUT2D eigenvalue weighted by Gasteiger charge is -2.19. The molecule has 0 saturated heterocycles. The zero-order valence-corrected chi connectivity index (χ0v) is 11.8. The Kier molecular flexibility index (Phi) is 6.29. The molecule has 0 fully saturated rings. The highest BCUT2D eigenvalue weighted by Gasteiger charge is 2.07. The standard InChI is InChI=1S/C15H20N2O3/c1-3-17(4-2)15(20)16-11-13-7-5-6-12(10-13)8-9-14(18)19/h5-10H,3-4,11H2,1-2H3,(H,16,20)(H,18,19). The maximum absolute atomic E-state index is 11.8. The number of nitrogens with one attached hydrogen (secondary N) is 1. The summed E-state index contributed by atoms with van der Waals surface area (Å²) in [6.45, 7) is 5.62. The van der Waals surface area contributed by atoms with Crippen LogP contribution in [-0.4, -0.2) is 35.1 Å². The number of nitrogens with zero attached hydrogens (tertiary/aromatic N) is 1. The summed E-state index contributed by atoms with van der Waals surface area (Å²) < 4.78 is 0. The van der Waals surface area contributed by atoms with E-state index in [1.54, 1.807) is 4.90 Å². The van der Waals surface area contributed by atoms with Gasteiger partial charge in [0, 0.05) is 25.7 Å². The molecule has 0 aliphatic carbocycles. The van der Waals surface area contributed by atoms with Gasteiger partial charge in [0.15, 0.2) is 0 Å². The summed E-state index contributed by atoms with van der Waals surface area (Å²) in [4.78, 5) is 24.0. The summed E-state index contributed by atoms with van der Waals surface area (Å²) in [7, 11) is 0. The topological polar surface area (TPSA) is 69.6 Å². The van der Waals surface area contributed by atoms with Crippen LogP contribution in [-0.2, 0) is 11.3 Å². The van der Waals surface area contributed by atoms with Crippen molar-refractivity contribution in [1.29, 1.82) is 0 Å². The minimum absolute atomic E-state index is 0.0959. The monoisotopic (exact) mass is 276 g/mol. The number of carboxylic acids is 1. The second kappa shape index (κ2) is 7.99. The molecule has 0 atom stereocenters. The smallest absolute Gasteiger partial charge is 0.328 e. The fraction of sp³-hybridized carbons (Fsp3) is 0.333. The molecule has 1 rings (SSSR count). The fourth-order valence-electron chi connectivity index (χ4n) is 1.77. The summed E-state index contributed by atoms with van der Waals surface area (Å²) in [5, 5.41) is 11.4. The van der Waals surface area contributed by atoms with Crippen LogP contribution in [0.4, 0.5) is 4.79 Å². The van der Waals surface area contributed by atoms with Gasteiger partial charge in [-0.25, -0.2) is 9.59 Å². The van der Waals surface area contributed by atoms with Crippen molar-refractivity contribution in [3.63, 3.8) is 0 Å². The van der Waals surface area contributed by atoms with Gasteiger partial charge in [-0.15, -0.1) is 0 Å². The van der Waals surface area contributed by atoms with E-state index in [-0.39, 0.29) is 6.03 Å². The van der Waals surface area contributed by atoms with E-state index in [1.807, 2.05) is 38.1 Å². The van der Waals surface area contributed by atoms with E-state index in [1.165, 1.54) is 6.08 Å². The fourth-order valence-corrected chi connectivity index (χ4v) is 1.77. The van der Waals surface area contributed by atoms with Crippen LogP contribution >= 0.6 is 0 Å². The highest BCUT2D eigenvalue weighted by atomic mass is 16.4. The Morgan fingerprint density at radius 1 is 1.30 bits per heavy atom. The third-order valence-electron chi connectivity index (χ3n) is 2.86. The number of rotatable bonds is 6. The van der Waals surface area contributed by atoms with Crippen molar-refractivity contribution in [3.8, 4) is 0 Å². The molecule has 0 unspecified atom stereocenters. The number of carbonyl (C=O) groups is 2. The largest absolute Gasteiger partial charge is 0.478 e. The number of urea groups is 1. The molecule has 0 saturated carbocycles. The number of carbonyl (C=O) groups excluding carboxylic acids is 1. The quantitative estimate of drug-likeness (QED) is 0.783. The van der Waals surface area contributed by atoms with E-state index in [2.05, 4.69) is 5.32 Å². The Morgan fingerprint density at radius 2 is 2.00 bits per heavy atom. The van der Waals surface area contributed by atoms with Crippen LogP contribution in [0.25, 0.3) is 6.08 Å². The number of hydrogen-bond acceptors (Lipinski definition) is 2. The lowest BCUT2D eigenvalue weighted by molar-refractivity contribution is -0.131. The number of aliphatic carboxylic acids is 1. The highest BCUT2D eigenvalue weighted by molar-refractivity contribution is 5.85. The summed E-state index contributed by atoms with van der Waals surface area (Å²) in [5.41, 5.74) is 1.72. The van der Waals surface area contributed by atoms with Gasteiger partial charge in [0.05, 0.1) is 0 Å². The Balaban J connectivity index is 2.62. The summed E-state index contributed by atoms with van der Waals surface area (Å²) >= 11 is 0. The zero-order chi connectivity index (χ0) is 15.0. The van der Waals surface area contributed by atoms with Crippen LogP contribution in [0, 0.1) is 0 Å². The van der Waals surface area contributed by atoms with Gasteiger partial charge in [-0.05, 0) is 37.1 Å². The number of benzene rings is 1. The van der Waals surface area contributed by atoms with Crippen molar-refractivity contribution in [1.82, 2.24) is 10.2 Å². The molecule has 0 aliphatic rings. The predicted molar refractivity (Wildman–Crippen MR) is 78.3 cm³/mol. The summed E-state index contributed by atoms with van der Waals surface area (Å²) in [6.07, 6.45) is 2.62. The molecule has 1 aromatic rings. The molecule has 1 aromatic carbocycles. The van der Waals surface area contributed by atoms with Gasteiger partial charge in [-0.3, -0.25) is 0 Å². The van der Waals surface area contributed by atoms with E-state index in [0.717, 1.165) is 17.2 Å². The second-order valence-corrected chi connectivity index (χ2v) is 4.25. The van der Waals surface area contributed by atoms with E-state index >= 15 is 0 Å². The molecule has 5 nitrogen and oxygen atoms in total. The molecular weight excluding hydrogens is 256 g/mol. The van der Waals surface area contributed by atoms with Gasteiger partial charge < -0.3 is 15.3 Å². The van der Waals surface area contributed by atoms with E-state index in [0.29, 0.717) is 19.6 Å². The molecular formula is C15H20N2O3. The molecule has 0 heterocycles. The summed E-state index contributed by atoms with van der Waals surface area (Å²) in [6, 6.07) is 7.29. The van der Waals surface area contributed by atoms with Crippen LogP contribution in [0.3, 0.4) is 0 Å². The van der Waals surface area contributed by atoms with Crippen molar-refractivity contribution < 1.29 is 14.7 Å². The molecule has 2 amide bonds. The van der Waals surface area contributed by atoms with Gasteiger partial charge in [0.2, 0.25) is 0 Å². The minimum atomic E-state index is -0.981. The van der Waals surface area contributed by atoms with Crippen molar-refractivity contribution in [2.24, 2.45) is 0 Å². The van der Waals surface area contributed by atoms with Crippen molar-refractivity contribution in [3.05, 3.63) is 41.5 Å². The van der Waals surface area contributed by atoms with Crippen molar-refractivity contribution >= 4 is 18.1 Å². The lowest BCUT2D eigenvalue weighted by atomic mass is 10.1. The van der Waals surface area contributed by atoms with Crippen molar-refractivity contribution in [2.75, 3.05) is 13.1 Å². The zero-order valence-electron chi connectivity index (χ0n) is 11.8. The SMILES string of the molecule is CCN(CC)C(=O)NCc1cccc(C=CC(=O)O)c1. The molecule has 20 heavy (non-hydrogen) atoms. The molecule has 0 spiro atoms. The number of amides is 2. The molecule has 0 radical (unpaired) electrons. The van der Waals surface area contributed by atoms with Gasteiger partial charge in [0.1, 0.15) is 0 Å². The Bertz CT molecular complexity index is 494. The average Bonchev–Trinajstić information content (AvgIpc) is 2.44. The van der Waals surface area contributed by atoms with E-state index in [9.17, 15) is 9.59 Å². The Labute approximate surface area is 118 Å². The van der Waals surface area contributed by atoms with Crippen molar-refractivity contribution in [2.45, 2.75) is 20.4 Å². The molecule has 0 aliphatic heterocycles. The average molecular weight is 276 g/mol. The first-order chi connectivity index (χ1) is 9.56. The van der Waals surface area contributed by atoms with E-state index in [4.69, 9.17) is 5.11 Å². The van der Waals surface area contributed by atoms with Gasteiger partial charge in [-0.1, -0.05) is 18.2 Å². The third kappa shape index (κ3) is 5.14. The van der Waals surface area contributed by atoms with Crippen LogP contribution in [0.2, 0.25) is 0 Å². The van der Waals surface area contributed by atoms with Gasteiger partial charge >= 0.3 is 12.0 Å². The third-order valence-corrected chi connectivity index (χ3v) is 2.86. The van der Waals surface area contributed by atoms with Crippen LogP contribution in [0.1, 0.15) is 25.0 Å². The van der Waals surface area contributed by atoms with E-state index < -0.39 is 5.97 Å². The minimum Gasteiger partial charge on any atom is -0.478 e. The highest BCUT2D eigenvalue weighted by Crippen LogP contribution is 2.07. The number of carboxylic acid groups (broad SMARTS) is 1. The Hall–Kier alpha value is -2.30. The first kappa shape index (κ1) is 15.8. The van der Waals surface area contributed by atoms with Gasteiger partial charge in [0.25, 0.3) is 0 Å². The Morgan fingerprint density at radius 3 is 2.60 bits per heavy atom. The maximum atomic E-state index is 11.8. The second-order valence-electron chi connectivity index (χ2n) is 4.25. The van der Waals surface area contributed by atoms with Crippen LogP contribution in [0.15, 0.2) is 30.3 Å². The molecule has 0 bridgehead atoms. The first-order valence-electron chi connectivity index (χ1n) is 6.59. The van der Waals surface area contributed by atoms with Crippen LogP contribution in [0.5, 0.6) is 0 Å². The first-order valence-corrected chi connectivity index (χ1v) is 6.59. The molecule has 108 valence electrons. The van der Waals surface area contributed by atoms with Crippen LogP contribution < -0.4 is 5.32 Å².